The minimum absolute atomic E-state index is 0.0767. The fourth-order valence-electron chi connectivity index (χ4n) is 2.88. The van der Waals surface area contributed by atoms with Gasteiger partial charge in [-0.15, -0.1) is 11.3 Å². The normalized spacial score (nSPS) is 14.8. The van der Waals surface area contributed by atoms with Gasteiger partial charge in [-0.3, -0.25) is 14.5 Å². The molecule has 1 aromatic carbocycles. The maximum absolute atomic E-state index is 12.8. The second-order valence-electron chi connectivity index (χ2n) is 6.19. The molecular weight excluding hydrogens is 346 g/mol. The standard InChI is InChI=1S/C17H18ClN3O2S/c1-10(2)7-14(16(23)20-17-19-5-6-24-17)21-13-9-12(18)4-3-11(13)8-15(21)22/h3-6,9-10,14H,7-8H2,1-2H3,(H,19,20,23). The van der Waals surface area contributed by atoms with E-state index in [9.17, 15) is 9.59 Å². The Morgan fingerprint density at radius 1 is 1.46 bits per heavy atom. The molecule has 5 nitrogen and oxygen atoms in total. The maximum Gasteiger partial charge on any atom is 0.249 e. The molecule has 1 atom stereocenters. The molecule has 0 spiro atoms. The third-order valence-electron chi connectivity index (χ3n) is 3.89. The molecule has 0 saturated heterocycles. The highest BCUT2D eigenvalue weighted by Gasteiger charge is 2.37. The molecule has 1 aromatic heterocycles. The van der Waals surface area contributed by atoms with E-state index in [1.165, 1.54) is 11.3 Å². The van der Waals surface area contributed by atoms with Gasteiger partial charge in [0.15, 0.2) is 5.13 Å². The van der Waals surface area contributed by atoms with Crippen molar-refractivity contribution in [2.24, 2.45) is 5.92 Å². The minimum Gasteiger partial charge on any atom is -0.300 e. The number of carbonyl (C=O) groups is 2. The van der Waals surface area contributed by atoms with Crippen LogP contribution in [0, 0.1) is 5.92 Å². The Labute approximate surface area is 149 Å². The highest BCUT2D eigenvalue weighted by atomic mass is 35.5. The maximum atomic E-state index is 12.8. The van der Waals surface area contributed by atoms with Crippen molar-refractivity contribution >= 4 is 45.6 Å². The third kappa shape index (κ3) is 3.44. The highest BCUT2D eigenvalue weighted by Crippen LogP contribution is 2.34. The first-order valence-corrected chi connectivity index (χ1v) is 9.02. The zero-order valence-electron chi connectivity index (χ0n) is 13.5. The molecule has 126 valence electrons. The monoisotopic (exact) mass is 363 g/mol. The van der Waals surface area contributed by atoms with Crippen LogP contribution in [0.2, 0.25) is 5.02 Å². The van der Waals surface area contributed by atoms with Gasteiger partial charge in [-0.1, -0.05) is 31.5 Å². The van der Waals surface area contributed by atoms with Gasteiger partial charge in [0.2, 0.25) is 11.8 Å². The van der Waals surface area contributed by atoms with Gasteiger partial charge >= 0.3 is 0 Å². The largest absolute Gasteiger partial charge is 0.300 e. The van der Waals surface area contributed by atoms with Crippen LogP contribution in [-0.2, 0) is 16.0 Å². The first-order valence-electron chi connectivity index (χ1n) is 7.76. The zero-order chi connectivity index (χ0) is 17.3. The highest BCUT2D eigenvalue weighted by molar-refractivity contribution is 7.13. The van der Waals surface area contributed by atoms with Gasteiger partial charge in [0, 0.05) is 22.3 Å². The number of halogens is 1. The van der Waals surface area contributed by atoms with E-state index in [2.05, 4.69) is 10.3 Å². The summed E-state index contributed by atoms with van der Waals surface area (Å²) >= 11 is 7.45. The van der Waals surface area contributed by atoms with E-state index in [1.807, 2.05) is 19.9 Å². The summed E-state index contributed by atoms with van der Waals surface area (Å²) in [7, 11) is 0. The lowest BCUT2D eigenvalue weighted by molar-refractivity contribution is -0.123. The van der Waals surface area contributed by atoms with Gasteiger partial charge in [-0.2, -0.15) is 0 Å². The molecule has 0 saturated carbocycles. The van der Waals surface area contributed by atoms with E-state index >= 15 is 0 Å². The number of amides is 2. The molecule has 1 unspecified atom stereocenters. The Balaban J connectivity index is 1.93. The molecule has 1 aliphatic heterocycles. The lowest BCUT2D eigenvalue weighted by Crippen LogP contribution is -2.46. The number of nitrogens with one attached hydrogen (secondary N) is 1. The molecule has 3 rings (SSSR count). The van der Waals surface area contributed by atoms with Gasteiger partial charge in [0.05, 0.1) is 6.42 Å². The Kier molecular flexibility index (Phi) is 4.87. The van der Waals surface area contributed by atoms with E-state index in [-0.39, 0.29) is 17.7 Å². The Bertz CT molecular complexity index is 761. The number of benzene rings is 1. The summed E-state index contributed by atoms with van der Waals surface area (Å²) < 4.78 is 0. The quantitative estimate of drug-likeness (QED) is 0.880. The zero-order valence-corrected chi connectivity index (χ0v) is 15.0. The van der Waals surface area contributed by atoms with Crippen molar-refractivity contribution in [1.82, 2.24) is 4.98 Å². The number of hydrogen-bond acceptors (Lipinski definition) is 4. The van der Waals surface area contributed by atoms with Crippen molar-refractivity contribution in [3.63, 3.8) is 0 Å². The first-order chi connectivity index (χ1) is 11.5. The summed E-state index contributed by atoms with van der Waals surface area (Å²) in [6.45, 7) is 4.06. The van der Waals surface area contributed by atoms with Gasteiger partial charge < -0.3 is 5.32 Å². The van der Waals surface area contributed by atoms with Gasteiger partial charge in [0.25, 0.3) is 0 Å². The predicted octanol–water partition coefficient (Wildman–Crippen LogP) is 3.74. The minimum atomic E-state index is -0.582. The molecule has 2 aromatic rings. The van der Waals surface area contributed by atoms with Crippen LogP contribution < -0.4 is 10.2 Å². The summed E-state index contributed by atoms with van der Waals surface area (Å²) in [6.07, 6.45) is 2.49. The van der Waals surface area contributed by atoms with Gasteiger partial charge in [-0.25, -0.2) is 4.98 Å². The van der Waals surface area contributed by atoms with Gasteiger partial charge in [0.1, 0.15) is 6.04 Å². The van der Waals surface area contributed by atoms with Crippen LogP contribution in [0.5, 0.6) is 0 Å². The molecule has 0 bridgehead atoms. The number of thiazole rings is 1. The number of hydrogen-bond donors (Lipinski definition) is 1. The predicted molar refractivity (Wildman–Crippen MR) is 96.6 cm³/mol. The van der Waals surface area contributed by atoms with E-state index < -0.39 is 6.04 Å². The molecule has 2 amide bonds. The average molecular weight is 364 g/mol. The second-order valence-corrected chi connectivity index (χ2v) is 7.52. The van der Waals surface area contributed by atoms with E-state index in [4.69, 9.17) is 11.6 Å². The molecule has 0 fully saturated rings. The number of rotatable bonds is 5. The fourth-order valence-corrected chi connectivity index (χ4v) is 3.58. The lowest BCUT2D eigenvalue weighted by Gasteiger charge is -2.28. The number of anilines is 2. The molecule has 0 radical (unpaired) electrons. The van der Waals surface area contributed by atoms with E-state index in [1.54, 1.807) is 28.6 Å². The Hall–Kier alpha value is -1.92. The first kappa shape index (κ1) is 16.9. The van der Waals surface area contributed by atoms with Crippen LogP contribution in [0.15, 0.2) is 29.8 Å². The van der Waals surface area contributed by atoms with Crippen molar-refractivity contribution in [2.75, 3.05) is 10.2 Å². The fraction of sp³-hybridized carbons (Fsp3) is 0.353. The van der Waals surface area contributed by atoms with E-state index in [0.717, 1.165) is 11.3 Å². The molecular formula is C17H18ClN3O2S. The molecule has 2 heterocycles. The van der Waals surface area contributed by atoms with Crippen molar-refractivity contribution in [3.8, 4) is 0 Å². The second kappa shape index (κ2) is 6.91. The molecule has 0 aliphatic carbocycles. The molecule has 1 N–H and O–H groups in total. The van der Waals surface area contributed by atoms with Crippen LogP contribution in [0.4, 0.5) is 10.8 Å². The molecule has 7 heteroatoms. The Morgan fingerprint density at radius 3 is 2.92 bits per heavy atom. The topological polar surface area (TPSA) is 62.3 Å². The Morgan fingerprint density at radius 2 is 2.25 bits per heavy atom. The number of fused-ring (bicyclic) bond motifs is 1. The smallest absolute Gasteiger partial charge is 0.249 e. The van der Waals surface area contributed by atoms with Crippen LogP contribution in [0.25, 0.3) is 0 Å². The molecule has 1 aliphatic rings. The summed E-state index contributed by atoms with van der Waals surface area (Å²) in [5, 5.41) is 5.69. The van der Waals surface area contributed by atoms with Gasteiger partial charge in [-0.05, 0) is 30.0 Å². The van der Waals surface area contributed by atoms with Crippen LogP contribution >= 0.6 is 22.9 Å². The van der Waals surface area contributed by atoms with E-state index in [0.29, 0.717) is 23.0 Å². The van der Waals surface area contributed by atoms with Crippen molar-refractivity contribution < 1.29 is 9.59 Å². The molecule has 24 heavy (non-hydrogen) atoms. The van der Waals surface area contributed by atoms with Crippen molar-refractivity contribution in [1.29, 1.82) is 0 Å². The van der Waals surface area contributed by atoms with Crippen molar-refractivity contribution in [2.45, 2.75) is 32.7 Å². The lowest BCUT2D eigenvalue weighted by atomic mass is 10.0. The number of nitrogens with zero attached hydrogens (tertiary/aromatic N) is 2. The summed E-state index contributed by atoms with van der Waals surface area (Å²) in [5.41, 5.74) is 1.63. The van der Waals surface area contributed by atoms with Crippen molar-refractivity contribution in [3.05, 3.63) is 40.4 Å². The van der Waals surface area contributed by atoms with Crippen LogP contribution in [0.3, 0.4) is 0 Å². The van der Waals surface area contributed by atoms with Crippen LogP contribution in [0.1, 0.15) is 25.8 Å². The summed E-state index contributed by atoms with van der Waals surface area (Å²) in [6, 6.07) is 4.79. The third-order valence-corrected chi connectivity index (χ3v) is 4.81. The summed E-state index contributed by atoms with van der Waals surface area (Å²) in [5.74, 6) is -0.0416. The summed E-state index contributed by atoms with van der Waals surface area (Å²) in [4.78, 5) is 31.0. The number of carbonyl (C=O) groups excluding carboxylic acids is 2. The number of aromatic nitrogens is 1. The van der Waals surface area contributed by atoms with Crippen LogP contribution in [-0.4, -0.2) is 22.8 Å². The average Bonchev–Trinajstić information content (AvgIpc) is 3.11. The SMILES string of the molecule is CC(C)CC(C(=O)Nc1nccs1)N1C(=O)Cc2ccc(Cl)cc21.